The zero-order chi connectivity index (χ0) is 14.3. The molecule has 2 aliphatic rings. The molecule has 108 valence electrons. The van der Waals surface area contributed by atoms with Crippen molar-refractivity contribution in [2.75, 3.05) is 13.1 Å². The van der Waals surface area contributed by atoms with Crippen LogP contribution in [0, 0.1) is 11.8 Å². The summed E-state index contributed by atoms with van der Waals surface area (Å²) in [6.07, 6.45) is 5.44. The fourth-order valence-corrected chi connectivity index (χ4v) is 3.17. The number of nitrogens with zero attached hydrogens (tertiary/aromatic N) is 2. The maximum atomic E-state index is 12.6. The summed E-state index contributed by atoms with van der Waals surface area (Å²) in [5, 5.41) is 9.16. The van der Waals surface area contributed by atoms with Gasteiger partial charge in [-0.2, -0.15) is 0 Å². The van der Waals surface area contributed by atoms with Crippen molar-refractivity contribution in [3.05, 3.63) is 24.0 Å². The first-order valence-corrected chi connectivity index (χ1v) is 7.27. The number of likely N-dealkylation sites (tertiary alicyclic amines) is 1. The van der Waals surface area contributed by atoms with Gasteiger partial charge in [-0.15, -0.1) is 0 Å². The van der Waals surface area contributed by atoms with Gasteiger partial charge in [0.25, 0.3) is 5.91 Å². The Morgan fingerprint density at radius 2 is 2.05 bits per heavy atom. The molecule has 1 aliphatic carbocycles. The summed E-state index contributed by atoms with van der Waals surface area (Å²) in [6.45, 7) is 2.76. The Hall–Kier alpha value is -1.78. The summed E-state index contributed by atoms with van der Waals surface area (Å²) < 4.78 is 2.06. The molecule has 0 aromatic carbocycles. The van der Waals surface area contributed by atoms with Gasteiger partial charge in [0, 0.05) is 25.3 Å². The lowest BCUT2D eigenvalue weighted by atomic mass is 9.93. The van der Waals surface area contributed by atoms with Crippen LogP contribution < -0.4 is 0 Å². The van der Waals surface area contributed by atoms with Crippen LogP contribution in [0.25, 0.3) is 0 Å². The highest BCUT2D eigenvalue weighted by Gasteiger charge is 2.38. The normalized spacial score (nSPS) is 26.6. The Kier molecular flexibility index (Phi) is 3.28. The summed E-state index contributed by atoms with van der Waals surface area (Å²) in [5.74, 6) is -1.26. The van der Waals surface area contributed by atoms with Crippen LogP contribution in [0.2, 0.25) is 0 Å². The first-order chi connectivity index (χ1) is 9.58. The molecule has 3 rings (SSSR count). The molecule has 0 spiro atoms. The highest BCUT2D eigenvalue weighted by Crippen LogP contribution is 2.33. The molecule has 0 bridgehead atoms. The third-order valence-corrected chi connectivity index (χ3v) is 4.68. The number of hydrogen-bond acceptors (Lipinski definition) is 2. The summed E-state index contributed by atoms with van der Waals surface area (Å²) in [7, 11) is 0. The number of hydrogen-bond donors (Lipinski definition) is 1. The number of aliphatic carboxylic acids is 1. The van der Waals surface area contributed by atoms with E-state index in [2.05, 4.69) is 4.57 Å². The Morgan fingerprint density at radius 1 is 1.30 bits per heavy atom. The Bertz CT molecular complexity index is 533. The number of rotatable bonds is 3. The summed E-state index contributed by atoms with van der Waals surface area (Å²) >= 11 is 0. The lowest BCUT2D eigenvalue weighted by Crippen LogP contribution is -2.32. The van der Waals surface area contributed by atoms with Crippen LogP contribution in [-0.4, -0.2) is 39.5 Å². The smallest absolute Gasteiger partial charge is 0.308 e. The van der Waals surface area contributed by atoms with Crippen molar-refractivity contribution in [1.82, 2.24) is 9.47 Å². The summed E-state index contributed by atoms with van der Waals surface area (Å²) in [4.78, 5) is 25.4. The van der Waals surface area contributed by atoms with Gasteiger partial charge in [-0.1, -0.05) is 6.92 Å². The van der Waals surface area contributed by atoms with E-state index >= 15 is 0 Å². The van der Waals surface area contributed by atoms with Crippen molar-refractivity contribution in [1.29, 1.82) is 0 Å². The van der Waals surface area contributed by atoms with Crippen molar-refractivity contribution < 1.29 is 14.7 Å². The van der Waals surface area contributed by atoms with Crippen LogP contribution in [0.3, 0.4) is 0 Å². The molecular formula is C15H20N2O3. The van der Waals surface area contributed by atoms with Crippen molar-refractivity contribution >= 4 is 11.9 Å². The van der Waals surface area contributed by atoms with Gasteiger partial charge in [-0.25, -0.2) is 0 Å². The molecule has 1 aromatic heterocycles. The van der Waals surface area contributed by atoms with E-state index < -0.39 is 11.9 Å². The SMILES string of the molecule is CC1CN(C(=O)c2cccn2C2CCC2)CC1C(=O)O. The molecule has 1 aliphatic heterocycles. The molecule has 1 aromatic rings. The summed E-state index contributed by atoms with van der Waals surface area (Å²) in [5.41, 5.74) is 0.702. The number of aromatic nitrogens is 1. The second-order valence-corrected chi connectivity index (χ2v) is 6.02. The quantitative estimate of drug-likeness (QED) is 0.918. The van der Waals surface area contributed by atoms with E-state index in [4.69, 9.17) is 5.11 Å². The molecule has 1 saturated heterocycles. The molecule has 2 fully saturated rings. The number of carbonyl (C=O) groups is 2. The second-order valence-electron chi connectivity index (χ2n) is 6.02. The lowest BCUT2D eigenvalue weighted by molar-refractivity contribution is -0.142. The van der Waals surface area contributed by atoms with Crippen molar-refractivity contribution in [2.45, 2.75) is 32.2 Å². The third-order valence-electron chi connectivity index (χ3n) is 4.68. The maximum Gasteiger partial charge on any atom is 0.308 e. The van der Waals surface area contributed by atoms with Gasteiger partial charge in [-0.3, -0.25) is 9.59 Å². The molecular weight excluding hydrogens is 256 g/mol. The minimum Gasteiger partial charge on any atom is -0.481 e. The number of amides is 1. The second kappa shape index (κ2) is 4.96. The first-order valence-electron chi connectivity index (χ1n) is 7.27. The van der Waals surface area contributed by atoms with Crippen LogP contribution in [0.4, 0.5) is 0 Å². The third kappa shape index (κ3) is 2.11. The average Bonchev–Trinajstić information content (AvgIpc) is 2.93. The molecule has 1 amide bonds. The standard InChI is InChI=1S/C15H20N2O3/c1-10-8-16(9-12(10)15(19)20)14(18)13-6-3-7-17(13)11-4-2-5-11/h3,6-7,10-12H,2,4-5,8-9H2,1H3,(H,19,20). The fraction of sp³-hybridized carbons (Fsp3) is 0.600. The van der Waals surface area contributed by atoms with Crippen molar-refractivity contribution in [3.8, 4) is 0 Å². The highest BCUT2D eigenvalue weighted by molar-refractivity contribution is 5.93. The maximum absolute atomic E-state index is 12.6. The molecule has 2 heterocycles. The zero-order valence-corrected chi connectivity index (χ0v) is 11.7. The van der Waals surface area contributed by atoms with Crippen molar-refractivity contribution in [2.24, 2.45) is 11.8 Å². The molecule has 5 nitrogen and oxygen atoms in total. The van der Waals surface area contributed by atoms with Gasteiger partial charge in [0.2, 0.25) is 0 Å². The van der Waals surface area contributed by atoms with Crippen molar-refractivity contribution in [3.63, 3.8) is 0 Å². The predicted molar refractivity (Wildman–Crippen MR) is 73.5 cm³/mol. The molecule has 1 saturated carbocycles. The number of carboxylic acids is 1. The largest absolute Gasteiger partial charge is 0.481 e. The molecule has 2 unspecified atom stereocenters. The van der Waals surface area contributed by atoms with Gasteiger partial charge in [-0.05, 0) is 37.3 Å². The van der Waals surface area contributed by atoms with E-state index in [9.17, 15) is 9.59 Å². The average molecular weight is 276 g/mol. The lowest BCUT2D eigenvalue weighted by Gasteiger charge is -2.29. The Labute approximate surface area is 118 Å². The van der Waals surface area contributed by atoms with E-state index in [1.54, 1.807) is 4.90 Å². The first kappa shape index (κ1) is 13.2. The summed E-state index contributed by atoms with van der Waals surface area (Å²) in [6, 6.07) is 4.19. The van der Waals surface area contributed by atoms with Gasteiger partial charge in [0.05, 0.1) is 5.92 Å². The fourth-order valence-electron chi connectivity index (χ4n) is 3.17. The zero-order valence-electron chi connectivity index (χ0n) is 11.7. The number of carbonyl (C=O) groups excluding carboxylic acids is 1. The minimum absolute atomic E-state index is 0.0172. The topological polar surface area (TPSA) is 62.5 Å². The Balaban J connectivity index is 1.77. The van der Waals surface area contributed by atoms with Gasteiger partial charge < -0.3 is 14.6 Å². The van der Waals surface area contributed by atoms with Crippen LogP contribution in [-0.2, 0) is 4.79 Å². The van der Waals surface area contributed by atoms with Gasteiger partial charge >= 0.3 is 5.97 Å². The monoisotopic (exact) mass is 276 g/mol. The van der Waals surface area contributed by atoms with Gasteiger partial charge in [0.1, 0.15) is 5.69 Å². The van der Waals surface area contributed by atoms with Crippen LogP contribution >= 0.6 is 0 Å². The predicted octanol–water partition coefficient (Wildman–Crippen LogP) is 2.01. The molecule has 5 heteroatoms. The van der Waals surface area contributed by atoms with Crippen LogP contribution in [0.5, 0.6) is 0 Å². The number of carboxylic acid groups (broad SMARTS) is 1. The van der Waals surface area contributed by atoms with E-state index in [1.807, 2.05) is 25.3 Å². The molecule has 0 radical (unpaired) electrons. The molecule has 2 atom stereocenters. The van der Waals surface area contributed by atoms with Crippen LogP contribution in [0.15, 0.2) is 18.3 Å². The Morgan fingerprint density at radius 3 is 2.60 bits per heavy atom. The molecule has 20 heavy (non-hydrogen) atoms. The van der Waals surface area contributed by atoms with E-state index in [0.717, 1.165) is 12.8 Å². The van der Waals surface area contributed by atoms with E-state index in [0.29, 0.717) is 24.8 Å². The minimum atomic E-state index is -0.804. The van der Waals surface area contributed by atoms with Gasteiger partial charge in [0.15, 0.2) is 0 Å². The highest BCUT2D eigenvalue weighted by atomic mass is 16.4. The van der Waals surface area contributed by atoms with Crippen LogP contribution in [0.1, 0.15) is 42.7 Å². The van der Waals surface area contributed by atoms with E-state index in [1.165, 1.54) is 6.42 Å². The van der Waals surface area contributed by atoms with E-state index in [-0.39, 0.29) is 11.8 Å². The molecule has 1 N–H and O–H groups in total.